The normalized spacial score (nSPS) is 10.5. The molecule has 0 bridgehead atoms. The monoisotopic (exact) mass is 355 g/mol. The van der Waals surface area contributed by atoms with Gasteiger partial charge in [-0.05, 0) is 49.2 Å². The highest BCUT2D eigenvalue weighted by Gasteiger charge is 2.15. The van der Waals surface area contributed by atoms with Crippen molar-refractivity contribution in [3.63, 3.8) is 0 Å². The Morgan fingerprint density at radius 1 is 1.22 bits per heavy atom. The number of halogens is 3. The van der Waals surface area contributed by atoms with Gasteiger partial charge in [0.1, 0.15) is 11.6 Å². The van der Waals surface area contributed by atoms with Gasteiger partial charge in [0.05, 0.1) is 22.2 Å². The average Bonchev–Trinajstić information content (AvgIpc) is 2.51. The third-order valence-electron chi connectivity index (χ3n) is 3.17. The SMILES string of the molecule is CCCOc1ccc(NC(=O)c2cc(F)c(Cl)cc2Cl)c(C)c1. The lowest BCUT2D eigenvalue weighted by atomic mass is 10.1. The molecule has 2 aromatic rings. The molecule has 1 amide bonds. The Labute approximate surface area is 144 Å². The summed E-state index contributed by atoms with van der Waals surface area (Å²) in [5.41, 5.74) is 1.46. The van der Waals surface area contributed by atoms with Gasteiger partial charge in [-0.25, -0.2) is 4.39 Å². The standard InChI is InChI=1S/C17H16Cl2FNO2/c1-3-6-23-11-4-5-16(10(2)7-11)21-17(22)12-8-15(20)14(19)9-13(12)18/h4-5,7-9H,3,6H2,1-2H3,(H,21,22). The summed E-state index contributed by atoms with van der Waals surface area (Å²) in [6.07, 6.45) is 0.915. The third-order valence-corrected chi connectivity index (χ3v) is 3.78. The maximum Gasteiger partial charge on any atom is 0.257 e. The summed E-state index contributed by atoms with van der Waals surface area (Å²) < 4.78 is 19.1. The van der Waals surface area contributed by atoms with Gasteiger partial charge < -0.3 is 10.1 Å². The minimum absolute atomic E-state index is 0.0271. The number of aryl methyl sites for hydroxylation is 1. The van der Waals surface area contributed by atoms with E-state index in [9.17, 15) is 9.18 Å². The van der Waals surface area contributed by atoms with E-state index in [1.54, 1.807) is 12.1 Å². The summed E-state index contributed by atoms with van der Waals surface area (Å²) in [5.74, 6) is -0.463. The second kappa shape index (κ2) is 7.66. The Balaban J connectivity index is 2.19. The number of carbonyl (C=O) groups is 1. The van der Waals surface area contributed by atoms with Gasteiger partial charge in [-0.15, -0.1) is 0 Å². The average molecular weight is 356 g/mol. The molecule has 0 aliphatic rings. The molecule has 2 aromatic carbocycles. The first kappa shape index (κ1) is 17.6. The fourth-order valence-corrected chi connectivity index (χ4v) is 2.44. The molecule has 0 atom stereocenters. The van der Waals surface area contributed by atoms with Gasteiger partial charge in [0.2, 0.25) is 0 Å². The molecule has 0 fully saturated rings. The quantitative estimate of drug-likeness (QED) is 0.720. The Morgan fingerprint density at radius 2 is 1.96 bits per heavy atom. The molecular weight excluding hydrogens is 340 g/mol. The molecule has 0 aromatic heterocycles. The Bertz CT molecular complexity index is 735. The van der Waals surface area contributed by atoms with Gasteiger partial charge in [-0.1, -0.05) is 30.1 Å². The van der Waals surface area contributed by atoms with Crippen molar-refractivity contribution >= 4 is 34.8 Å². The van der Waals surface area contributed by atoms with Gasteiger partial charge in [-0.3, -0.25) is 4.79 Å². The highest BCUT2D eigenvalue weighted by Crippen LogP contribution is 2.26. The van der Waals surface area contributed by atoms with E-state index >= 15 is 0 Å². The van der Waals surface area contributed by atoms with Crippen LogP contribution in [0.5, 0.6) is 5.75 Å². The van der Waals surface area contributed by atoms with Crippen molar-refractivity contribution in [1.82, 2.24) is 0 Å². The Morgan fingerprint density at radius 3 is 2.61 bits per heavy atom. The molecular formula is C17H16Cl2FNO2. The smallest absolute Gasteiger partial charge is 0.257 e. The summed E-state index contributed by atoms with van der Waals surface area (Å²) in [7, 11) is 0. The van der Waals surface area contributed by atoms with Crippen molar-refractivity contribution in [2.45, 2.75) is 20.3 Å². The molecule has 0 aliphatic carbocycles. The van der Waals surface area contributed by atoms with Gasteiger partial charge in [-0.2, -0.15) is 0 Å². The van der Waals surface area contributed by atoms with E-state index in [4.69, 9.17) is 27.9 Å². The topological polar surface area (TPSA) is 38.3 Å². The van der Waals surface area contributed by atoms with Crippen LogP contribution in [0, 0.1) is 12.7 Å². The minimum Gasteiger partial charge on any atom is -0.494 e. The van der Waals surface area contributed by atoms with Crippen molar-refractivity contribution in [3.05, 3.63) is 57.3 Å². The van der Waals surface area contributed by atoms with Crippen molar-refractivity contribution < 1.29 is 13.9 Å². The van der Waals surface area contributed by atoms with E-state index in [1.807, 2.05) is 19.9 Å². The molecule has 0 spiro atoms. The summed E-state index contributed by atoms with van der Waals surface area (Å²) in [5, 5.41) is 2.68. The van der Waals surface area contributed by atoms with Gasteiger partial charge in [0, 0.05) is 5.69 Å². The fourth-order valence-electron chi connectivity index (χ4n) is 1.97. The third kappa shape index (κ3) is 4.36. The number of ether oxygens (including phenoxy) is 1. The van der Waals surface area contributed by atoms with E-state index in [-0.39, 0.29) is 15.6 Å². The molecule has 0 saturated carbocycles. The van der Waals surface area contributed by atoms with Crippen LogP contribution in [0.25, 0.3) is 0 Å². The van der Waals surface area contributed by atoms with Crippen LogP contribution >= 0.6 is 23.2 Å². The zero-order valence-corrected chi connectivity index (χ0v) is 14.3. The number of anilines is 1. The van der Waals surface area contributed by atoms with Crippen LogP contribution in [-0.2, 0) is 0 Å². The number of carbonyl (C=O) groups excluding carboxylic acids is 1. The lowest BCUT2D eigenvalue weighted by Gasteiger charge is -2.12. The first-order valence-corrected chi connectivity index (χ1v) is 7.87. The van der Waals surface area contributed by atoms with E-state index < -0.39 is 11.7 Å². The van der Waals surface area contributed by atoms with Crippen LogP contribution in [0.15, 0.2) is 30.3 Å². The Kier molecular flexibility index (Phi) is 5.85. The summed E-state index contributed by atoms with van der Waals surface area (Å²) in [6, 6.07) is 7.56. The molecule has 0 saturated heterocycles. The molecule has 0 aliphatic heterocycles. The number of hydrogen-bond donors (Lipinski definition) is 1. The molecule has 0 heterocycles. The van der Waals surface area contributed by atoms with Crippen molar-refractivity contribution in [2.75, 3.05) is 11.9 Å². The van der Waals surface area contributed by atoms with E-state index in [1.165, 1.54) is 6.07 Å². The molecule has 0 radical (unpaired) electrons. The van der Waals surface area contributed by atoms with Crippen LogP contribution in [0.3, 0.4) is 0 Å². The van der Waals surface area contributed by atoms with Crippen LogP contribution in [0.4, 0.5) is 10.1 Å². The molecule has 23 heavy (non-hydrogen) atoms. The predicted octanol–water partition coefficient (Wildman–Crippen LogP) is 5.48. The number of hydrogen-bond acceptors (Lipinski definition) is 2. The van der Waals surface area contributed by atoms with E-state index in [2.05, 4.69) is 5.32 Å². The van der Waals surface area contributed by atoms with E-state index in [0.29, 0.717) is 12.3 Å². The minimum atomic E-state index is -0.693. The van der Waals surface area contributed by atoms with Crippen molar-refractivity contribution in [2.24, 2.45) is 0 Å². The lowest BCUT2D eigenvalue weighted by molar-refractivity contribution is 0.102. The van der Waals surface area contributed by atoms with Crippen LogP contribution in [0.1, 0.15) is 29.3 Å². The maximum atomic E-state index is 13.5. The summed E-state index contributed by atoms with van der Waals surface area (Å²) >= 11 is 11.6. The first-order chi connectivity index (χ1) is 10.9. The largest absolute Gasteiger partial charge is 0.494 e. The molecule has 2 rings (SSSR count). The molecule has 0 unspecified atom stereocenters. The highest BCUT2D eigenvalue weighted by atomic mass is 35.5. The Hall–Kier alpha value is -1.78. The molecule has 122 valence electrons. The van der Waals surface area contributed by atoms with Crippen molar-refractivity contribution in [1.29, 1.82) is 0 Å². The molecule has 3 nitrogen and oxygen atoms in total. The second-order valence-corrected chi connectivity index (χ2v) is 5.84. The zero-order valence-electron chi connectivity index (χ0n) is 12.8. The fraction of sp³-hybridized carbons (Fsp3) is 0.235. The van der Waals surface area contributed by atoms with Crippen molar-refractivity contribution in [3.8, 4) is 5.75 Å². The van der Waals surface area contributed by atoms with Crippen LogP contribution < -0.4 is 10.1 Å². The summed E-state index contributed by atoms with van der Waals surface area (Å²) in [4.78, 5) is 12.3. The number of nitrogens with one attached hydrogen (secondary N) is 1. The number of rotatable bonds is 5. The first-order valence-electron chi connectivity index (χ1n) is 7.11. The van der Waals surface area contributed by atoms with Gasteiger partial charge in [0.25, 0.3) is 5.91 Å². The predicted molar refractivity (Wildman–Crippen MR) is 91.3 cm³/mol. The van der Waals surface area contributed by atoms with Gasteiger partial charge in [0.15, 0.2) is 0 Å². The highest BCUT2D eigenvalue weighted by molar-refractivity contribution is 6.37. The maximum absolute atomic E-state index is 13.5. The zero-order chi connectivity index (χ0) is 17.0. The molecule has 6 heteroatoms. The molecule has 1 N–H and O–H groups in total. The summed E-state index contributed by atoms with van der Waals surface area (Å²) in [6.45, 7) is 4.50. The van der Waals surface area contributed by atoms with Gasteiger partial charge >= 0.3 is 0 Å². The number of benzene rings is 2. The second-order valence-electron chi connectivity index (χ2n) is 5.03. The van der Waals surface area contributed by atoms with Crippen LogP contribution in [0.2, 0.25) is 10.0 Å². The number of amides is 1. The van der Waals surface area contributed by atoms with E-state index in [0.717, 1.165) is 23.8 Å². The van der Waals surface area contributed by atoms with Crippen LogP contribution in [-0.4, -0.2) is 12.5 Å². The lowest BCUT2D eigenvalue weighted by Crippen LogP contribution is -2.14.